The minimum atomic E-state index is -0.123. The lowest BCUT2D eigenvalue weighted by Crippen LogP contribution is -2.42. The van der Waals surface area contributed by atoms with Gasteiger partial charge in [-0.2, -0.15) is 0 Å². The van der Waals surface area contributed by atoms with Gasteiger partial charge in [0.25, 0.3) is 0 Å². The molecule has 2 aromatic rings. The Morgan fingerprint density at radius 2 is 1.93 bits per heavy atom. The molecule has 5 nitrogen and oxygen atoms in total. The molecule has 1 aliphatic heterocycles. The normalized spacial score (nSPS) is 16.9. The lowest BCUT2D eigenvalue weighted by atomic mass is 9.95. The molecule has 1 heterocycles. The number of hydrogen-bond donors (Lipinski definition) is 2. The second-order valence-electron chi connectivity index (χ2n) is 7.05. The first-order valence-electron chi connectivity index (χ1n) is 9.28. The Morgan fingerprint density at radius 3 is 2.70 bits per heavy atom. The third kappa shape index (κ3) is 3.84. The average Bonchev–Trinajstić information content (AvgIpc) is 3.32. The van der Waals surface area contributed by atoms with Crippen molar-refractivity contribution >= 4 is 5.96 Å². The fraction of sp³-hybridized carbons (Fsp3) is 0.381. The summed E-state index contributed by atoms with van der Waals surface area (Å²) < 4.78 is 24.9. The van der Waals surface area contributed by atoms with Gasteiger partial charge in [-0.15, -0.1) is 0 Å². The molecule has 142 valence electrons. The van der Waals surface area contributed by atoms with E-state index in [-0.39, 0.29) is 18.0 Å². The van der Waals surface area contributed by atoms with Crippen molar-refractivity contribution < 1.29 is 13.9 Å². The van der Waals surface area contributed by atoms with E-state index in [0.29, 0.717) is 6.54 Å². The van der Waals surface area contributed by atoms with Crippen molar-refractivity contribution in [2.24, 2.45) is 4.99 Å². The molecule has 1 saturated carbocycles. The summed E-state index contributed by atoms with van der Waals surface area (Å²) in [6.45, 7) is 1.71. The maximum absolute atomic E-state index is 14.1. The summed E-state index contributed by atoms with van der Waals surface area (Å²) >= 11 is 0. The van der Waals surface area contributed by atoms with Crippen LogP contribution in [-0.2, 0) is 11.8 Å². The number of benzene rings is 2. The number of nitrogens with one attached hydrogen (secondary N) is 2. The number of halogens is 1. The van der Waals surface area contributed by atoms with E-state index in [2.05, 4.69) is 15.6 Å². The zero-order valence-electron chi connectivity index (χ0n) is 15.4. The van der Waals surface area contributed by atoms with Crippen LogP contribution in [0, 0.1) is 5.82 Å². The quantitative estimate of drug-likeness (QED) is 0.607. The van der Waals surface area contributed by atoms with Gasteiger partial charge in [0.1, 0.15) is 5.82 Å². The maximum atomic E-state index is 14.1. The molecule has 6 heteroatoms. The molecule has 0 amide bonds. The van der Waals surface area contributed by atoms with Gasteiger partial charge in [0.05, 0.1) is 0 Å². The highest BCUT2D eigenvalue weighted by Gasteiger charge is 2.45. The molecule has 2 aliphatic rings. The molecule has 4 rings (SSSR count). The van der Waals surface area contributed by atoms with E-state index in [1.807, 2.05) is 30.3 Å². The van der Waals surface area contributed by atoms with E-state index in [0.717, 1.165) is 48.8 Å². The van der Waals surface area contributed by atoms with E-state index in [1.165, 1.54) is 11.6 Å². The lowest BCUT2D eigenvalue weighted by molar-refractivity contribution is 0.174. The van der Waals surface area contributed by atoms with Gasteiger partial charge in [0.2, 0.25) is 6.79 Å². The van der Waals surface area contributed by atoms with Crippen LogP contribution in [-0.4, -0.2) is 32.9 Å². The van der Waals surface area contributed by atoms with Crippen LogP contribution in [0.3, 0.4) is 0 Å². The molecule has 0 atom stereocenters. The second-order valence-corrected chi connectivity index (χ2v) is 7.05. The summed E-state index contributed by atoms with van der Waals surface area (Å²) in [6, 6.07) is 13.1. The molecular formula is C21H24FN3O2. The molecule has 1 fully saturated rings. The van der Waals surface area contributed by atoms with Crippen molar-refractivity contribution in [1.82, 2.24) is 10.6 Å². The summed E-state index contributed by atoms with van der Waals surface area (Å²) in [5.74, 6) is 2.21. The van der Waals surface area contributed by atoms with Crippen molar-refractivity contribution in [2.45, 2.75) is 24.7 Å². The minimum Gasteiger partial charge on any atom is -0.454 e. The number of ether oxygens (including phenoxy) is 2. The van der Waals surface area contributed by atoms with Gasteiger partial charge < -0.3 is 20.1 Å². The van der Waals surface area contributed by atoms with Crippen LogP contribution < -0.4 is 20.1 Å². The van der Waals surface area contributed by atoms with E-state index >= 15 is 0 Å². The van der Waals surface area contributed by atoms with Gasteiger partial charge >= 0.3 is 0 Å². The molecule has 0 radical (unpaired) electrons. The Kier molecular flexibility index (Phi) is 4.88. The van der Waals surface area contributed by atoms with Crippen molar-refractivity contribution in [3.63, 3.8) is 0 Å². The largest absolute Gasteiger partial charge is 0.454 e. The summed E-state index contributed by atoms with van der Waals surface area (Å²) in [7, 11) is 1.75. The highest BCUT2D eigenvalue weighted by atomic mass is 19.1. The van der Waals surface area contributed by atoms with E-state index < -0.39 is 0 Å². The summed E-state index contributed by atoms with van der Waals surface area (Å²) in [5.41, 5.74) is 1.86. The topological polar surface area (TPSA) is 54.9 Å². The minimum absolute atomic E-state index is 0.111. The standard InChI is InChI=1S/C21H24FN3O2/c1-23-20(24-11-8-15-6-7-18-19(12-15)27-14-26-18)25-13-21(9-10-21)16-4-2-3-5-17(16)22/h2-7,12H,8-11,13-14H2,1H3,(H2,23,24,25). The molecule has 2 aromatic carbocycles. The van der Waals surface area contributed by atoms with Crippen LogP contribution in [0.25, 0.3) is 0 Å². The number of rotatable bonds is 6. The third-order valence-electron chi connectivity index (χ3n) is 5.26. The van der Waals surface area contributed by atoms with Gasteiger partial charge in [-0.25, -0.2) is 4.39 Å². The number of aliphatic imine (C=N–C) groups is 1. The van der Waals surface area contributed by atoms with Crippen molar-refractivity contribution in [3.05, 3.63) is 59.4 Å². The first-order chi connectivity index (χ1) is 13.2. The zero-order valence-corrected chi connectivity index (χ0v) is 15.4. The smallest absolute Gasteiger partial charge is 0.231 e. The average molecular weight is 369 g/mol. The van der Waals surface area contributed by atoms with Crippen LogP contribution >= 0.6 is 0 Å². The predicted molar refractivity (Wildman–Crippen MR) is 103 cm³/mol. The summed E-state index contributed by atoms with van der Waals surface area (Å²) in [4.78, 5) is 4.28. The van der Waals surface area contributed by atoms with Gasteiger partial charge in [0, 0.05) is 25.6 Å². The molecule has 2 N–H and O–H groups in total. The molecular weight excluding hydrogens is 345 g/mol. The van der Waals surface area contributed by atoms with Crippen molar-refractivity contribution in [1.29, 1.82) is 0 Å². The number of fused-ring (bicyclic) bond motifs is 1. The molecule has 0 saturated heterocycles. The highest BCUT2D eigenvalue weighted by Crippen LogP contribution is 2.48. The summed E-state index contributed by atoms with van der Waals surface area (Å²) in [5, 5.41) is 6.68. The van der Waals surface area contributed by atoms with Gasteiger partial charge in [-0.1, -0.05) is 24.3 Å². The lowest BCUT2D eigenvalue weighted by Gasteiger charge is -2.19. The van der Waals surface area contributed by atoms with E-state index in [9.17, 15) is 4.39 Å². The van der Waals surface area contributed by atoms with Crippen LogP contribution in [0.2, 0.25) is 0 Å². The van der Waals surface area contributed by atoms with Gasteiger partial charge in [-0.05, 0) is 48.6 Å². The Morgan fingerprint density at radius 1 is 1.11 bits per heavy atom. The SMILES string of the molecule is CN=C(NCCc1ccc2c(c1)OCO2)NCC1(c2ccccc2F)CC1. The van der Waals surface area contributed by atoms with Crippen molar-refractivity contribution in [3.8, 4) is 11.5 Å². The first kappa shape index (κ1) is 17.6. The molecule has 0 bridgehead atoms. The monoisotopic (exact) mass is 369 g/mol. The second kappa shape index (κ2) is 7.47. The van der Waals surface area contributed by atoms with Gasteiger partial charge in [0.15, 0.2) is 17.5 Å². The predicted octanol–water partition coefficient (Wildman–Crippen LogP) is 2.99. The molecule has 0 spiro atoms. The number of guanidine groups is 1. The Hall–Kier alpha value is -2.76. The van der Waals surface area contributed by atoms with Crippen LogP contribution in [0.5, 0.6) is 11.5 Å². The number of hydrogen-bond acceptors (Lipinski definition) is 3. The molecule has 0 aromatic heterocycles. The Balaban J connectivity index is 1.28. The van der Waals surface area contributed by atoms with E-state index in [4.69, 9.17) is 9.47 Å². The van der Waals surface area contributed by atoms with E-state index in [1.54, 1.807) is 13.1 Å². The van der Waals surface area contributed by atoms with Gasteiger partial charge in [-0.3, -0.25) is 4.99 Å². The van der Waals surface area contributed by atoms with Crippen LogP contribution in [0.4, 0.5) is 4.39 Å². The fourth-order valence-electron chi connectivity index (χ4n) is 3.48. The van der Waals surface area contributed by atoms with Crippen LogP contribution in [0.15, 0.2) is 47.5 Å². The Bertz CT molecular complexity index is 849. The van der Waals surface area contributed by atoms with Crippen LogP contribution in [0.1, 0.15) is 24.0 Å². The molecule has 1 aliphatic carbocycles. The van der Waals surface area contributed by atoms with Crippen molar-refractivity contribution in [2.75, 3.05) is 26.9 Å². The summed E-state index contributed by atoms with van der Waals surface area (Å²) in [6.07, 6.45) is 2.83. The molecule has 0 unspecified atom stereocenters. The Labute approximate surface area is 158 Å². The fourth-order valence-corrected chi connectivity index (χ4v) is 3.48. The molecule has 27 heavy (non-hydrogen) atoms. The maximum Gasteiger partial charge on any atom is 0.231 e. The first-order valence-corrected chi connectivity index (χ1v) is 9.28. The number of nitrogens with zero attached hydrogens (tertiary/aromatic N) is 1. The highest BCUT2D eigenvalue weighted by molar-refractivity contribution is 5.79. The third-order valence-corrected chi connectivity index (χ3v) is 5.26. The zero-order chi connectivity index (χ0) is 18.7.